The first-order valence-electron chi connectivity index (χ1n) is 6.64. The van der Waals surface area contributed by atoms with Gasteiger partial charge < -0.3 is 11.1 Å². The minimum atomic E-state index is -4.17. The number of carbonyl (C=O) groups is 1. The number of hydrogen-bond donors (Lipinski definition) is 2. The van der Waals surface area contributed by atoms with Gasteiger partial charge in [0.25, 0.3) is 0 Å². The van der Waals surface area contributed by atoms with Crippen molar-refractivity contribution in [3.05, 3.63) is 0 Å². The second-order valence-corrected chi connectivity index (χ2v) is 6.45. The molecule has 20 heavy (non-hydrogen) atoms. The van der Waals surface area contributed by atoms with Crippen LogP contribution in [0.1, 0.15) is 46.5 Å². The highest BCUT2D eigenvalue weighted by Gasteiger charge is 2.42. The van der Waals surface area contributed by atoms with Crippen LogP contribution in [0.25, 0.3) is 0 Å². The van der Waals surface area contributed by atoms with E-state index >= 15 is 0 Å². The molecule has 1 amide bonds. The number of hydrogen-bond acceptors (Lipinski definition) is 2. The van der Waals surface area contributed by atoms with Gasteiger partial charge in [0.1, 0.15) is 0 Å². The summed E-state index contributed by atoms with van der Waals surface area (Å²) in [6, 6.07) is -1.12. The maximum absolute atomic E-state index is 12.7. The maximum atomic E-state index is 12.7. The molecule has 3 N–H and O–H groups in total. The number of carbonyl (C=O) groups excluding carboxylic acids is 1. The summed E-state index contributed by atoms with van der Waals surface area (Å²) < 4.78 is 38.0. The van der Waals surface area contributed by atoms with E-state index in [-0.39, 0.29) is 31.2 Å². The normalized spacial score (nSPS) is 25.6. The summed E-state index contributed by atoms with van der Waals surface area (Å²) in [5.41, 5.74) is 5.40. The van der Waals surface area contributed by atoms with Crippen molar-refractivity contribution in [2.45, 2.75) is 64.7 Å². The quantitative estimate of drug-likeness (QED) is 0.823. The van der Waals surface area contributed by atoms with Crippen LogP contribution in [-0.4, -0.2) is 24.2 Å². The van der Waals surface area contributed by atoms with Gasteiger partial charge in [-0.25, -0.2) is 0 Å². The third-order valence-corrected chi connectivity index (χ3v) is 3.70. The van der Waals surface area contributed by atoms with Gasteiger partial charge in [-0.2, -0.15) is 13.2 Å². The van der Waals surface area contributed by atoms with E-state index in [2.05, 4.69) is 5.32 Å². The monoisotopic (exact) mass is 316 g/mol. The van der Waals surface area contributed by atoms with Gasteiger partial charge in [-0.05, 0) is 24.7 Å². The van der Waals surface area contributed by atoms with E-state index in [1.54, 1.807) is 0 Å². The van der Waals surface area contributed by atoms with Crippen molar-refractivity contribution in [3.63, 3.8) is 0 Å². The van der Waals surface area contributed by atoms with E-state index in [9.17, 15) is 18.0 Å². The van der Waals surface area contributed by atoms with Crippen LogP contribution in [0.4, 0.5) is 13.2 Å². The molecule has 0 saturated heterocycles. The molecule has 7 heteroatoms. The van der Waals surface area contributed by atoms with Gasteiger partial charge in [0, 0.05) is 6.04 Å². The van der Waals surface area contributed by atoms with Gasteiger partial charge in [-0.1, -0.05) is 27.2 Å². The Bertz CT molecular complexity index is 329. The second-order valence-electron chi connectivity index (χ2n) is 6.45. The molecule has 1 fully saturated rings. The fourth-order valence-corrected chi connectivity index (χ4v) is 2.30. The topological polar surface area (TPSA) is 55.1 Å². The molecule has 0 aromatic rings. The summed E-state index contributed by atoms with van der Waals surface area (Å²) in [4.78, 5) is 11.9. The van der Waals surface area contributed by atoms with Crippen LogP contribution in [0, 0.1) is 11.3 Å². The predicted molar refractivity (Wildman–Crippen MR) is 74.6 cm³/mol. The third-order valence-electron chi connectivity index (χ3n) is 3.70. The summed E-state index contributed by atoms with van der Waals surface area (Å²) in [7, 11) is 0. The van der Waals surface area contributed by atoms with Crippen LogP contribution in [0.5, 0.6) is 0 Å². The Balaban J connectivity index is 0.00000361. The lowest BCUT2D eigenvalue weighted by atomic mass is 9.83. The zero-order chi connectivity index (χ0) is 14.8. The Kier molecular flexibility index (Phi) is 6.81. The zero-order valence-corrected chi connectivity index (χ0v) is 12.9. The minimum Gasteiger partial charge on any atom is -0.352 e. The zero-order valence-electron chi connectivity index (χ0n) is 12.1. The van der Waals surface area contributed by atoms with E-state index in [1.807, 2.05) is 20.8 Å². The molecule has 0 aliphatic heterocycles. The maximum Gasteiger partial charge on any atom is 0.391 e. The molecule has 0 spiro atoms. The van der Waals surface area contributed by atoms with E-state index in [0.717, 1.165) is 0 Å². The number of nitrogens with one attached hydrogen (secondary N) is 1. The number of nitrogens with two attached hydrogens (primary N) is 1. The molecule has 0 bridgehead atoms. The van der Waals surface area contributed by atoms with Crippen molar-refractivity contribution in [1.29, 1.82) is 0 Å². The molecule has 1 rings (SSSR count). The molecule has 3 atom stereocenters. The van der Waals surface area contributed by atoms with Crippen LogP contribution in [0.2, 0.25) is 0 Å². The molecule has 0 radical (unpaired) electrons. The van der Waals surface area contributed by atoms with Crippen LogP contribution in [0.15, 0.2) is 0 Å². The standard InChI is InChI=1S/C13H23F3N2O.ClH/c1-12(2,3)10(17)11(19)18-9-6-4-5-8(7-9)13(14,15)16;/h8-10H,4-7,17H2,1-3H3,(H,18,19);1H/t8?,9?,10-;/m1./s1. The lowest BCUT2D eigenvalue weighted by molar-refractivity contribution is -0.184. The summed E-state index contributed by atoms with van der Waals surface area (Å²) in [6.45, 7) is 5.49. The number of halogens is 4. The summed E-state index contributed by atoms with van der Waals surface area (Å²) in [5, 5.41) is 2.66. The van der Waals surface area contributed by atoms with Gasteiger partial charge in [0.05, 0.1) is 12.0 Å². The molecule has 2 unspecified atom stereocenters. The van der Waals surface area contributed by atoms with Crippen molar-refractivity contribution < 1.29 is 18.0 Å². The average Bonchev–Trinajstić information content (AvgIpc) is 2.26. The van der Waals surface area contributed by atoms with Gasteiger partial charge in [-0.3, -0.25) is 4.79 Å². The fraction of sp³-hybridized carbons (Fsp3) is 0.923. The van der Waals surface area contributed by atoms with Gasteiger partial charge >= 0.3 is 6.18 Å². The van der Waals surface area contributed by atoms with Crippen LogP contribution >= 0.6 is 12.4 Å². The lowest BCUT2D eigenvalue weighted by Gasteiger charge is -2.33. The first-order valence-corrected chi connectivity index (χ1v) is 6.64. The lowest BCUT2D eigenvalue weighted by Crippen LogP contribution is -2.52. The van der Waals surface area contributed by atoms with Crippen molar-refractivity contribution in [1.82, 2.24) is 5.32 Å². The van der Waals surface area contributed by atoms with Crippen LogP contribution in [0.3, 0.4) is 0 Å². The average molecular weight is 317 g/mol. The summed E-state index contributed by atoms with van der Waals surface area (Å²) in [5.74, 6) is -1.67. The number of alkyl halides is 3. The Morgan fingerprint density at radius 2 is 1.80 bits per heavy atom. The molecule has 0 aromatic heterocycles. The van der Waals surface area contributed by atoms with Crippen molar-refractivity contribution >= 4 is 18.3 Å². The molecule has 1 saturated carbocycles. The molecular weight excluding hydrogens is 293 g/mol. The molecule has 1 aliphatic rings. The highest BCUT2D eigenvalue weighted by atomic mass is 35.5. The number of rotatable bonds is 2. The molecule has 120 valence electrons. The summed E-state index contributed by atoms with van der Waals surface area (Å²) >= 11 is 0. The summed E-state index contributed by atoms with van der Waals surface area (Å²) in [6.07, 6.45) is -2.97. The highest BCUT2D eigenvalue weighted by Crippen LogP contribution is 2.37. The van der Waals surface area contributed by atoms with Crippen molar-refractivity contribution in [2.75, 3.05) is 0 Å². The highest BCUT2D eigenvalue weighted by molar-refractivity contribution is 5.85. The second kappa shape index (κ2) is 6.98. The van der Waals surface area contributed by atoms with E-state index in [0.29, 0.717) is 12.8 Å². The Hall–Kier alpha value is -0.490. The fourth-order valence-electron chi connectivity index (χ4n) is 2.30. The molecule has 1 aliphatic carbocycles. The van der Waals surface area contributed by atoms with Gasteiger partial charge in [-0.15, -0.1) is 12.4 Å². The predicted octanol–water partition coefficient (Wildman–Crippen LogP) is 3.02. The van der Waals surface area contributed by atoms with Gasteiger partial charge in [0.2, 0.25) is 5.91 Å². The SMILES string of the molecule is CC(C)(C)[C@H](N)C(=O)NC1CCCC(C(F)(F)F)C1.Cl. The largest absolute Gasteiger partial charge is 0.391 e. The van der Waals surface area contributed by atoms with Crippen LogP contribution in [-0.2, 0) is 4.79 Å². The van der Waals surface area contributed by atoms with Crippen LogP contribution < -0.4 is 11.1 Å². The van der Waals surface area contributed by atoms with E-state index in [1.165, 1.54) is 0 Å². The van der Waals surface area contributed by atoms with Crippen molar-refractivity contribution in [3.8, 4) is 0 Å². The molecule has 0 heterocycles. The first kappa shape index (κ1) is 19.5. The Labute approximate surface area is 124 Å². The number of amides is 1. The van der Waals surface area contributed by atoms with E-state index < -0.39 is 29.6 Å². The molecule has 0 aromatic carbocycles. The molecule has 3 nitrogen and oxygen atoms in total. The minimum absolute atomic E-state index is 0. The van der Waals surface area contributed by atoms with Crippen molar-refractivity contribution in [2.24, 2.45) is 17.1 Å². The molecular formula is C13H24ClF3N2O. The Morgan fingerprint density at radius 1 is 1.25 bits per heavy atom. The smallest absolute Gasteiger partial charge is 0.352 e. The van der Waals surface area contributed by atoms with Gasteiger partial charge in [0.15, 0.2) is 0 Å². The first-order chi connectivity index (χ1) is 8.51. The third kappa shape index (κ3) is 5.48. The Morgan fingerprint density at radius 3 is 2.25 bits per heavy atom. The van der Waals surface area contributed by atoms with E-state index in [4.69, 9.17) is 5.73 Å².